The van der Waals surface area contributed by atoms with E-state index in [1.54, 1.807) is 18.9 Å². The van der Waals surface area contributed by atoms with E-state index in [0.29, 0.717) is 44.9 Å². The Kier molecular flexibility index (Phi) is 11.2. The average molecular weight is 538 g/mol. The van der Waals surface area contributed by atoms with E-state index in [1.807, 2.05) is 29.2 Å². The molecule has 2 fully saturated rings. The lowest BCUT2D eigenvalue weighted by Crippen LogP contribution is -2.52. The molecule has 1 aromatic rings. The molecule has 0 atom stereocenters. The molecule has 1 aliphatic carbocycles. The van der Waals surface area contributed by atoms with Crippen LogP contribution in [-0.2, 0) is 30.9 Å². The lowest BCUT2D eigenvalue weighted by Gasteiger charge is -2.39. The summed E-state index contributed by atoms with van der Waals surface area (Å²) in [4.78, 5) is 29.7. The van der Waals surface area contributed by atoms with Gasteiger partial charge >= 0.3 is 0 Å². The fourth-order valence-electron chi connectivity index (χ4n) is 5.35. The van der Waals surface area contributed by atoms with E-state index in [2.05, 4.69) is 0 Å². The van der Waals surface area contributed by atoms with E-state index in [4.69, 9.17) is 9.47 Å². The zero-order valence-electron chi connectivity index (χ0n) is 22.6. The van der Waals surface area contributed by atoms with Gasteiger partial charge < -0.3 is 19.3 Å². The number of methoxy groups -OCH3 is 2. The van der Waals surface area contributed by atoms with Crippen LogP contribution < -0.4 is 4.74 Å². The summed E-state index contributed by atoms with van der Waals surface area (Å²) in [5, 5.41) is 0. The molecule has 208 valence electrons. The predicted molar refractivity (Wildman–Crippen MR) is 143 cm³/mol. The maximum atomic E-state index is 13.8. The first-order valence-electron chi connectivity index (χ1n) is 13.4. The van der Waals surface area contributed by atoms with Crippen LogP contribution in [0.2, 0.25) is 0 Å². The van der Waals surface area contributed by atoms with Gasteiger partial charge in [0.05, 0.1) is 19.4 Å². The SMILES string of the molecule is CCS(=O)(=O)N(CC(=O)N(Cc1ccc(OC)cc1)C1CCN(C(=O)COC)CC1)CC1CCCCC1. The largest absolute Gasteiger partial charge is 0.497 e. The average Bonchev–Trinajstić information content (AvgIpc) is 2.92. The standard InChI is InChI=1S/C27H43N3O6S/c1-4-37(33,34)29(18-22-8-6-5-7-9-22)20-26(31)30(19-23-10-12-25(36-3)13-11-23)24-14-16-28(17-15-24)27(32)21-35-2/h10-13,22,24H,4-9,14-21H2,1-3H3. The van der Waals surface area contributed by atoms with E-state index in [1.165, 1.54) is 17.8 Å². The van der Waals surface area contributed by atoms with Crippen molar-refractivity contribution < 1.29 is 27.5 Å². The molecule has 1 saturated heterocycles. The molecular weight excluding hydrogens is 494 g/mol. The number of nitrogens with zero attached hydrogens (tertiary/aromatic N) is 3. The van der Waals surface area contributed by atoms with Gasteiger partial charge in [-0.2, -0.15) is 4.31 Å². The van der Waals surface area contributed by atoms with Crippen LogP contribution in [0.4, 0.5) is 0 Å². The van der Waals surface area contributed by atoms with Gasteiger partial charge in [-0.1, -0.05) is 31.4 Å². The Bertz CT molecular complexity index is 970. The lowest BCUT2D eigenvalue weighted by atomic mass is 9.89. The first kappa shape index (κ1) is 29.4. The third-order valence-corrected chi connectivity index (χ3v) is 9.41. The van der Waals surface area contributed by atoms with Gasteiger partial charge in [0.15, 0.2) is 0 Å². The number of sulfonamides is 1. The molecular formula is C27H43N3O6S. The lowest BCUT2D eigenvalue weighted by molar-refractivity contribution is -0.139. The molecule has 9 nitrogen and oxygen atoms in total. The minimum atomic E-state index is -3.52. The number of benzene rings is 1. The van der Waals surface area contributed by atoms with Crippen molar-refractivity contribution in [2.75, 3.05) is 52.8 Å². The van der Waals surface area contributed by atoms with Crippen LogP contribution in [0.25, 0.3) is 0 Å². The van der Waals surface area contributed by atoms with Crippen molar-refractivity contribution in [3.05, 3.63) is 29.8 Å². The first-order valence-corrected chi connectivity index (χ1v) is 15.0. The number of hydrogen-bond acceptors (Lipinski definition) is 6. The molecule has 2 amide bonds. The van der Waals surface area contributed by atoms with Gasteiger partial charge in [0.25, 0.3) is 0 Å². The summed E-state index contributed by atoms with van der Waals surface area (Å²) in [7, 11) is -0.412. The van der Waals surface area contributed by atoms with Crippen LogP contribution in [0.3, 0.4) is 0 Å². The van der Waals surface area contributed by atoms with E-state index >= 15 is 0 Å². The Balaban J connectivity index is 1.77. The highest BCUT2D eigenvalue weighted by Gasteiger charge is 2.33. The molecule has 10 heteroatoms. The molecule has 1 saturated carbocycles. The predicted octanol–water partition coefficient (Wildman–Crippen LogP) is 2.89. The molecule has 0 aromatic heterocycles. The van der Waals surface area contributed by atoms with Crippen LogP contribution in [0.15, 0.2) is 24.3 Å². The second kappa shape index (κ2) is 14.1. The third kappa shape index (κ3) is 8.41. The number of rotatable bonds is 12. The topological polar surface area (TPSA) is 96.5 Å². The molecule has 1 aliphatic heterocycles. The number of likely N-dealkylation sites (tertiary alicyclic amines) is 1. The van der Waals surface area contributed by atoms with Crippen molar-refractivity contribution in [1.29, 1.82) is 0 Å². The number of carbonyl (C=O) groups is 2. The molecule has 0 spiro atoms. The minimum absolute atomic E-state index is 0.0223. The van der Waals surface area contributed by atoms with E-state index in [0.717, 1.165) is 37.0 Å². The quantitative estimate of drug-likeness (QED) is 0.407. The third-order valence-electron chi connectivity index (χ3n) is 7.61. The van der Waals surface area contributed by atoms with Gasteiger partial charge in [0, 0.05) is 39.3 Å². The van der Waals surface area contributed by atoms with Crippen LogP contribution in [0.5, 0.6) is 5.75 Å². The van der Waals surface area contributed by atoms with Crippen molar-refractivity contribution in [2.24, 2.45) is 5.92 Å². The van der Waals surface area contributed by atoms with Crippen molar-refractivity contribution >= 4 is 21.8 Å². The molecule has 1 aromatic carbocycles. The highest BCUT2D eigenvalue weighted by molar-refractivity contribution is 7.89. The summed E-state index contributed by atoms with van der Waals surface area (Å²) in [6, 6.07) is 7.50. The Morgan fingerprint density at radius 2 is 1.65 bits per heavy atom. The van der Waals surface area contributed by atoms with Crippen molar-refractivity contribution in [3.8, 4) is 5.75 Å². The van der Waals surface area contributed by atoms with E-state index < -0.39 is 10.0 Å². The molecule has 0 N–H and O–H groups in total. The summed E-state index contributed by atoms with van der Waals surface area (Å²) < 4.78 is 37.7. The zero-order chi connectivity index (χ0) is 26.8. The molecule has 0 bridgehead atoms. The van der Waals surface area contributed by atoms with Crippen LogP contribution in [0, 0.1) is 5.92 Å². The Labute approximate surface area is 222 Å². The zero-order valence-corrected chi connectivity index (χ0v) is 23.4. The highest BCUT2D eigenvalue weighted by atomic mass is 32.2. The molecule has 1 heterocycles. The second-order valence-electron chi connectivity index (χ2n) is 10.1. The van der Waals surface area contributed by atoms with Gasteiger partial charge in [0.2, 0.25) is 21.8 Å². The molecule has 37 heavy (non-hydrogen) atoms. The fourth-order valence-corrected chi connectivity index (χ4v) is 6.46. The smallest absolute Gasteiger partial charge is 0.248 e. The fraction of sp³-hybridized carbons (Fsp3) is 0.704. The van der Waals surface area contributed by atoms with E-state index in [9.17, 15) is 18.0 Å². The summed E-state index contributed by atoms with van der Waals surface area (Å²) in [6.07, 6.45) is 6.71. The minimum Gasteiger partial charge on any atom is -0.497 e. The molecule has 3 rings (SSSR count). The maximum Gasteiger partial charge on any atom is 0.248 e. The van der Waals surface area contributed by atoms with Crippen LogP contribution in [0.1, 0.15) is 57.4 Å². The maximum absolute atomic E-state index is 13.8. The Hall–Kier alpha value is -2.17. The monoisotopic (exact) mass is 537 g/mol. The van der Waals surface area contributed by atoms with Crippen molar-refractivity contribution in [2.45, 2.75) is 64.5 Å². The summed E-state index contributed by atoms with van der Waals surface area (Å²) in [6.45, 7) is 3.40. The summed E-state index contributed by atoms with van der Waals surface area (Å²) >= 11 is 0. The highest BCUT2D eigenvalue weighted by Crippen LogP contribution is 2.26. The van der Waals surface area contributed by atoms with E-state index in [-0.39, 0.29) is 36.8 Å². The van der Waals surface area contributed by atoms with Crippen molar-refractivity contribution in [3.63, 3.8) is 0 Å². The number of piperidine rings is 1. The first-order chi connectivity index (χ1) is 17.8. The summed E-state index contributed by atoms with van der Waals surface area (Å²) in [5.74, 6) is 0.769. The molecule has 0 radical (unpaired) electrons. The van der Waals surface area contributed by atoms with Gasteiger partial charge in [-0.05, 0) is 56.2 Å². The van der Waals surface area contributed by atoms with Gasteiger partial charge in [-0.15, -0.1) is 0 Å². The van der Waals surface area contributed by atoms with Gasteiger partial charge in [0.1, 0.15) is 12.4 Å². The Morgan fingerprint density at radius 1 is 1.00 bits per heavy atom. The van der Waals surface area contributed by atoms with Gasteiger partial charge in [-0.25, -0.2) is 8.42 Å². The second-order valence-corrected chi connectivity index (χ2v) is 12.4. The molecule has 2 aliphatic rings. The molecule has 0 unspecified atom stereocenters. The Morgan fingerprint density at radius 3 is 2.22 bits per heavy atom. The number of hydrogen-bond donors (Lipinski definition) is 0. The van der Waals surface area contributed by atoms with Crippen molar-refractivity contribution in [1.82, 2.24) is 14.1 Å². The number of ether oxygens (including phenoxy) is 2. The van der Waals surface area contributed by atoms with Crippen LogP contribution >= 0.6 is 0 Å². The van der Waals surface area contributed by atoms with Gasteiger partial charge in [-0.3, -0.25) is 9.59 Å². The number of carbonyl (C=O) groups excluding carboxylic acids is 2. The number of amides is 2. The summed E-state index contributed by atoms with van der Waals surface area (Å²) in [5.41, 5.74) is 0.948. The van der Waals surface area contributed by atoms with Crippen LogP contribution in [-0.4, -0.2) is 93.1 Å². The normalized spacial score (nSPS) is 17.7.